The van der Waals surface area contributed by atoms with E-state index in [1.54, 1.807) is 0 Å². The maximum atomic E-state index is 10.9. The Hall–Kier alpha value is -1.57. The maximum Gasteiger partial charge on any atom is 0.335 e. The van der Waals surface area contributed by atoms with Gasteiger partial charge in [-0.25, -0.2) is 4.79 Å². The molecule has 0 bridgehead atoms. The fraction of sp³-hybridized carbons (Fsp3) is 0.400. The molecule has 0 atom stereocenters. The Morgan fingerprint density at radius 2 is 1.94 bits per heavy atom. The van der Waals surface area contributed by atoms with E-state index in [0.29, 0.717) is 5.92 Å². The number of benzene rings is 1. The summed E-state index contributed by atoms with van der Waals surface area (Å²) < 4.78 is 0. The summed E-state index contributed by atoms with van der Waals surface area (Å²) in [5, 5.41) is 8.94. The molecule has 0 spiro atoms. The molecule has 0 heterocycles. The Bertz CT molecular complexity index is 428. The van der Waals surface area contributed by atoms with Gasteiger partial charge in [0, 0.05) is 0 Å². The normalized spacial score (nSPS) is 16.7. The van der Waals surface area contributed by atoms with E-state index in [-0.39, 0.29) is 5.57 Å². The van der Waals surface area contributed by atoms with Crippen molar-refractivity contribution in [2.24, 2.45) is 0 Å². The number of rotatable bonds is 3. The molecule has 0 amide bonds. The quantitative estimate of drug-likeness (QED) is 0.801. The van der Waals surface area contributed by atoms with Gasteiger partial charge in [0.1, 0.15) is 0 Å². The van der Waals surface area contributed by atoms with Crippen LogP contribution in [0, 0.1) is 0 Å². The highest BCUT2D eigenvalue weighted by Gasteiger charge is 2.16. The van der Waals surface area contributed by atoms with Gasteiger partial charge in [0.25, 0.3) is 0 Å². The number of aliphatic carboxylic acids is 1. The molecule has 2 heteroatoms. The summed E-state index contributed by atoms with van der Waals surface area (Å²) in [6.45, 7) is 3.61. The zero-order chi connectivity index (χ0) is 12.3. The molecule has 17 heavy (non-hydrogen) atoms. The molecule has 1 aromatic carbocycles. The SMILES string of the molecule is C=C(C(=O)O)c1cccc(C2CCCCC2)c1. The van der Waals surface area contributed by atoms with Gasteiger partial charge in [-0.05, 0) is 29.9 Å². The second kappa shape index (κ2) is 5.17. The van der Waals surface area contributed by atoms with Crippen molar-refractivity contribution < 1.29 is 9.90 Å². The first-order chi connectivity index (χ1) is 8.18. The van der Waals surface area contributed by atoms with Gasteiger partial charge in [-0.2, -0.15) is 0 Å². The van der Waals surface area contributed by atoms with Crippen LogP contribution in [0.1, 0.15) is 49.1 Å². The van der Waals surface area contributed by atoms with E-state index in [4.69, 9.17) is 5.11 Å². The van der Waals surface area contributed by atoms with Crippen LogP contribution in [-0.2, 0) is 4.79 Å². The van der Waals surface area contributed by atoms with Crippen molar-refractivity contribution in [1.82, 2.24) is 0 Å². The van der Waals surface area contributed by atoms with Gasteiger partial charge < -0.3 is 5.11 Å². The molecule has 1 N–H and O–H groups in total. The molecule has 0 aliphatic heterocycles. The van der Waals surface area contributed by atoms with Crippen LogP contribution in [0.5, 0.6) is 0 Å². The van der Waals surface area contributed by atoms with Gasteiger partial charge >= 0.3 is 5.97 Å². The van der Waals surface area contributed by atoms with Crippen molar-refractivity contribution in [3.05, 3.63) is 42.0 Å². The minimum atomic E-state index is -0.939. The third kappa shape index (κ3) is 2.76. The predicted octanol–water partition coefficient (Wildman–Crippen LogP) is 3.83. The zero-order valence-corrected chi connectivity index (χ0v) is 9.98. The summed E-state index contributed by atoms with van der Waals surface area (Å²) in [4.78, 5) is 10.9. The summed E-state index contributed by atoms with van der Waals surface area (Å²) in [6.07, 6.45) is 6.35. The van der Waals surface area contributed by atoms with Crippen LogP contribution in [0.2, 0.25) is 0 Å². The predicted molar refractivity (Wildman–Crippen MR) is 68.9 cm³/mol. The van der Waals surface area contributed by atoms with Gasteiger partial charge in [0.15, 0.2) is 0 Å². The van der Waals surface area contributed by atoms with Gasteiger partial charge in [0.2, 0.25) is 0 Å². The first-order valence-corrected chi connectivity index (χ1v) is 6.21. The smallest absolute Gasteiger partial charge is 0.335 e. The van der Waals surface area contributed by atoms with Crippen molar-refractivity contribution in [2.75, 3.05) is 0 Å². The van der Waals surface area contributed by atoms with Crippen molar-refractivity contribution in [3.63, 3.8) is 0 Å². The van der Waals surface area contributed by atoms with Crippen LogP contribution >= 0.6 is 0 Å². The highest BCUT2D eigenvalue weighted by Crippen LogP contribution is 2.33. The lowest BCUT2D eigenvalue weighted by molar-refractivity contribution is -0.130. The Morgan fingerprint density at radius 1 is 1.24 bits per heavy atom. The fourth-order valence-corrected chi connectivity index (χ4v) is 2.54. The molecular weight excluding hydrogens is 212 g/mol. The molecule has 90 valence electrons. The van der Waals surface area contributed by atoms with Crippen LogP contribution in [0.3, 0.4) is 0 Å². The van der Waals surface area contributed by atoms with E-state index < -0.39 is 5.97 Å². The molecule has 0 radical (unpaired) electrons. The van der Waals surface area contributed by atoms with E-state index in [9.17, 15) is 4.79 Å². The van der Waals surface area contributed by atoms with E-state index in [1.165, 1.54) is 37.7 Å². The van der Waals surface area contributed by atoms with Gasteiger partial charge in [-0.1, -0.05) is 50.1 Å². The van der Waals surface area contributed by atoms with Crippen LogP contribution < -0.4 is 0 Å². The zero-order valence-electron chi connectivity index (χ0n) is 9.98. The van der Waals surface area contributed by atoms with E-state index in [2.05, 4.69) is 12.6 Å². The van der Waals surface area contributed by atoms with Crippen LogP contribution in [0.15, 0.2) is 30.8 Å². The standard InChI is InChI=1S/C15H18O2/c1-11(15(16)17)13-8-5-9-14(10-13)12-6-3-2-4-7-12/h5,8-10,12H,1-4,6-7H2,(H,16,17). The van der Waals surface area contributed by atoms with Crippen LogP contribution in [-0.4, -0.2) is 11.1 Å². The molecule has 0 aromatic heterocycles. The maximum absolute atomic E-state index is 10.9. The minimum absolute atomic E-state index is 0.183. The molecule has 1 aliphatic carbocycles. The summed E-state index contributed by atoms with van der Waals surface area (Å²) in [5.41, 5.74) is 2.19. The summed E-state index contributed by atoms with van der Waals surface area (Å²) >= 11 is 0. The molecule has 2 rings (SSSR count). The number of carbonyl (C=O) groups is 1. The lowest BCUT2D eigenvalue weighted by Crippen LogP contribution is -2.05. The minimum Gasteiger partial charge on any atom is -0.478 e. The number of carboxylic acid groups (broad SMARTS) is 1. The van der Waals surface area contributed by atoms with E-state index in [1.807, 2.05) is 18.2 Å². The van der Waals surface area contributed by atoms with Crippen molar-refractivity contribution >= 4 is 11.5 Å². The monoisotopic (exact) mass is 230 g/mol. The second-order valence-electron chi connectivity index (χ2n) is 4.74. The largest absolute Gasteiger partial charge is 0.478 e. The van der Waals surface area contributed by atoms with E-state index in [0.717, 1.165) is 5.56 Å². The van der Waals surface area contributed by atoms with Crippen molar-refractivity contribution in [3.8, 4) is 0 Å². The summed E-state index contributed by atoms with van der Waals surface area (Å²) in [6, 6.07) is 7.86. The summed E-state index contributed by atoms with van der Waals surface area (Å²) in [5.74, 6) is -0.337. The van der Waals surface area contributed by atoms with Crippen molar-refractivity contribution in [2.45, 2.75) is 38.0 Å². The third-order valence-electron chi connectivity index (χ3n) is 3.57. The molecule has 0 saturated heterocycles. The van der Waals surface area contributed by atoms with Gasteiger partial charge in [-0.3, -0.25) is 0 Å². The molecule has 2 nitrogen and oxygen atoms in total. The average molecular weight is 230 g/mol. The summed E-state index contributed by atoms with van der Waals surface area (Å²) in [7, 11) is 0. The molecule has 1 aliphatic rings. The number of carboxylic acids is 1. The van der Waals surface area contributed by atoms with Crippen LogP contribution in [0.4, 0.5) is 0 Å². The van der Waals surface area contributed by atoms with Gasteiger partial charge in [0.05, 0.1) is 5.57 Å². The molecule has 1 saturated carbocycles. The Labute approximate surface area is 102 Å². The number of hydrogen-bond acceptors (Lipinski definition) is 1. The highest BCUT2D eigenvalue weighted by atomic mass is 16.4. The third-order valence-corrected chi connectivity index (χ3v) is 3.57. The van der Waals surface area contributed by atoms with Crippen LogP contribution in [0.25, 0.3) is 5.57 Å². The topological polar surface area (TPSA) is 37.3 Å². The Balaban J connectivity index is 2.21. The fourth-order valence-electron chi connectivity index (χ4n) is 2.54. The molecular formula is C15H18O2. The Kier molecular flexibility index (Phi) is 3.62. The van der Waals surface area contributed by atoms with Crippen molar-refractivity contribution in [1.29, 1.82) is 0 Å². The first kappa shape index (κ1) is 11.9. The lowest BCUT2D eigenvalue weighted by Gasteiger charge is -2.22. The molecule has 1 aromatic rings. The highest BCUT2D eigenvalue weighted by molar-refractivity contribution is 6.14. The molecule has 1 fully saturated rings. The molecule has 0 unspecified atom stereocenters. The van der Waals surface area contributed by atoms with Gasteiger partial charge in [-0.15, -0.1) is 0 Å². The lowest BCUT2D eigenvalue weighted by atomic mass is 9.83. The Morgan fingerprint density at radius 3 is 2.59 bits per heavy atom. The first-order valence-electron chi connectivity index (χ1n) is 6.21. The second-order valence-corrected chi connectivity index (χ2v) is 4.74. The van der Waals surface area contributed by atoms with E-state index >= 15 is 0 Å². The number of hydrogen-bond donors (Lipinski definition) is 1. The average Bonchev–Trinajstić information content (AvgIpc) is 2.39.